The molecule has 8 fully saturated rings. The van der Waals surface area contributed by atoms with Crippen molar-refractivity contribution in [1.29, 1.82) is 0 Å². The van der Waals surface area contributed by atoms with E-state index in [0.29, 0.717) is 51.4 Å². The Kier molecular flexibility index (Phi) is 16.3. The van der Waals surface area contributed by atoms with E-state index in [1.165, 1.54) is 12.5 Å². The third kappa shape index (κ3) is 9.40. The average molecular weight is 1080 g/mol. The summed E-state index contributed by atoms with van der Waals surface area (Å²) in [5, 5.41) is 139. The highest BCUT2D eigenvalue weighted by molar-refractivity contribution is 5.79. The van der Waals surface area contributed by atoms with Crippen molar-refractivity contribution < 1.29 is 109 Å². The average Bonchev–Trinajstić information content (AvgIpc) is 3.44. The number of aliphatic hydroxyl groups is 13. The maximum absolute atomic E-state index is 15.2. The Hall–Kier alpha value is -1.59. The Balaban J connectivity index is 0.951. The smallest absolute Gasteiger partial charge is 0.315 e. The monoisotopic (exact) mass is 1070 g/mol. The highest BCUT2D eigenvalue weighted by Crippen LogP contribution is 2.76. The molecule has 0 bridgehead atoms. The van der Waals surface area contributed by atoms with Crippen LogP contribution in [0.25, 0.3) is 0 Å². The van der Waals surface area contributed by atoms with E-state index < -0.39 is 153 Å². The number of ether oxygens (including phenoxy) is 8. The highest BCUT2D eigenvalue weighted by atomic mass is 16.8. The van der Waals surface area contributed by atoms with Gasteiger partial charge in [0, 0.05) is 5.41 Å². The van der Waals surface area contributed by atoms with Crippen molar-refractivity contribution in [2.24, 2.45) is 50.2 Å². The molecule has 0 unspecified atom stereocenters. The highest BCUT2D eigenvalue weighted by Gasteiger charge is 2.71. The van der Waals surface area contributed by atoms with E-state index in [-0.39, 0.29) is 52.6 Å². The Morgan fingerprint density at radius 3 is 1.89 bits per heavy atom. The summed E-state index contributed by atoms with van der Waals surface area (Å²) in [5.41, 5.74) is -1.77. The van der Waals surface area contributed by atoms with Gasteiger partial charge in [-0.25, -0.2) is 0 Å². The number of allylic oxidation sites excluding steroid dienone is 2. The zero-order valence-electron chi connectivity index (χ0n) is 44.2. The van der Waals surface area contributed by atoms with Crippen molar-refractivity contribution in [3.05, 3.63) is 11.6 Å². The predicted octanol–water partition coefficient (Wildman–Crippen LogP) is -1.40. The first-order valence-electron chi connectivity index (χ1n) is 27.3. The van der Waals surface area contributed by atoms with Crippen LogP contribution in [0.4, 0.5) is 0 Å². The summed E-state index contributed by atoms with van der Waals surface area (Å²) < 4.78 is 47.8. The quantitative estimate of drug-likeness (QED) is 0.0643. The Morgan fingerprint density at radius 1 is 0.613 bits per heavy atom. The molecule has 4 aliphatic heterocycles. The van der Waals surface area contributed by atoms with E-state index in [1.807, 2.05) is 6.92 Å². The molecule has 0 amide bonds. The molecule has 4 saturated heterocycles. The van der Waals surface area contributed by atoms with Gasteiger partial charge in [-0.15, -0.1) is 0 Å². The summed E-state index contributed by atoms with van der Waals surface area (Å²) >= 11 is 0. The van der Waals surface area contributed by atoms with Crippen LogP contribution in [0.2, 0.25) is 0 Å². The minimum Gasteiger partial charge on any atom is -0.432 e. The zero-order valence-corrected chi connectivity index (χ0v) is 44.2. The zero-order chi connectivity index (χ0) is 54.7. The van der Waals surface area contributed by atoms with Crippen LogP contribution in [-0.2, 0) is 42.7 Å². The maximum atomic E-state index is 15.2. The lowest BCUT2D eigenvalue weighted by Gasteiger charge is -2.71. The van der Waals surface area contributed by atoms with E-state index in [2.05, 4.69) is 40.7 Å². The number of aliphatic hydroxyl groups excluding tert-OH is 13. The predicted molar refractivity (Wildman–Crippen MR) is 257 cm³/mol. The topological polar surface area (TPSA) is 354 Å². The van der Waals surface area contributed by atoms with Gasteiger partial charge in [-0.05, 0) is 111 Å². The van der Waals surface area contributed by atoms with Crippen LogP contribution in [0.1, 0.15) is 113 Å². The van der Waals surface area contributed by atoms with Gasteiger partial charge in [-0.2, -0.15) is 0 Å². The third-order valence-electron chi connectivity index (χ3n) is 21.1. The van der Waals surface area contributed by atoms with Crippen LogP contribution in [0.3, 0.4) is 0 Å². The Labute approximate surface area is 437 Å². The second-order valence-electron chi connectivity index (χ2n) is 25.7. The second kappa shape index (κ2) is 21.1. The molecule has 28 atom stereocenters. The number of carbonyl (C=O) groups is 1. The van der Waals surface area contributed by atoms with E-state index in [9.17, 15) is 66.4 Å². The first kappa shape index (κ1) is 58.1. The SMILES string of the molecule is C[C@@H]1O[C@@H](O[C@H]2[C@H](O[C@H]3CC[C@@]4(C)[C@@H](CC[C@]5(C)[C@@H]4CC=C4[C@@H]6CC(C)(C)CC[C@]6(C(=O)O[C@@H]6O[C@H](CO)[C@@H](O)[C@H](O[C@@H]7O[C@H](CO)[C@@H](O)[C@H](O)[C@H]7O)[C@H]6O)CC[C@]45C)[C@]3(C)CO)OC[C@@H](O)[C@@H]2O)[C@H](O)[C@H](O)[C@H]1O. The largest absolute Gasteiger partial charge is 0.432 e. The molecular weight excluding hydrogens is 989 g/mol. The molecule has 0 aromatic heterocycles. The minimum absolute atomic E-state index is 0.0483. The van der Waals surface area contributed by atoms with Crippen LogP contribution in [0, 0.1) is 50.2 Å². The number of hydrogen-bond acceptors (Lipinski definition) is 22. The summed E-state index contributed by atoms with van der Waals surface area (Å²) in [7, 11) is 0. The van der Waals surface area contributed by atoms with E-state index in [4.69, 9.17) is 37.9 Å². The molecule has 75 heavy (non-hydrogen) atoms. The standard InChI is InChI=1S/C53H86O22/c1-23-32(58)36(62)38(64)43(69-23)74-42-33(59)26(57)21-68-46(42)72-31-11-12-49(4)29(50(31,5)22-56)10-13-52(7)30(49)9-8-24-25-18-48(2,3)14-16-53(25,17-15-51(24,52)6)47(67)75-45-40(66)41(35(61)28(20-55)71-45)73-44-39(65)37(63)34(60)27(19-54)70-44/h8,23,25-46,54-66H,9-22H2,1-7H3/t23-,25-,26+,27+,28+,29+,30+,31-,32-,33-,34+,35+,36+,37-,38+,39+,40+,41-,42+,43-,44-,45-,46-,49-,50-,51+,52+,53-/m0/s1. The summed E-state index contributed by atoms with van der Waals surface area (Å²) in [6.45, 7) is 12.9. The van der Waals surface area contributed by atoms with Crippen molar-refractivity contribution in [3.63, 3.8) is 0 Å². The van der Waals surface area contributed by atoms with E-state index in [0.717, 1.165) is 12.8 Å². The van der Waals surface area contributed by atoms with Crippen LogP contribution >= 0.6 is 0 Å². The van der Waals surface area contributed by atoms with Crippen LogP contribution in [-0.4, -0.2) is 222 Å². The van der Waals surface area contributed by atoms with Gasteiger partial charge in [0.15, 0.2) is 18.9 Å². The molecule has 9 aliphatic rings. The van der Waals surface area contributed by atoms with Crippen LogP contribution in [0.15, 0.2) is 11.6 Å². The number of fused-ring (bicyclic) bond motifs is 7. The van der Waals surface area contributed by atoms with Crippen LogP contribution in [0.5, 0.6) is 0 Å². The lowest BCUT2D eigenvalue weighted by atomic mass is 9.33. The fourth-order valence-corrected chi connectivity index (χ4v) is 16.2. The molecule has 22 heteroatoms. The molecule has 9 rings (SSSR count). The van der Waals surface area contributed by atoms with Gasteiger partial charge in [0.25, 0.3) is 0 Å². The maximum Gasteiger partial charge on any atom is 0.315 e. The van der Waals surface area contributed by atoms with Crippen molar-refractivity contribution in [2.75, 3.05) is 26.4 Å². The number of hydrogen-bond donors (Lipinski definition) is 13. The van der Waals surface area contributed by atoms with Crippen molar-refractivity contribution in [1.82, 2.24) is 0 Å². The fraction of sp³-hybridized carbons (Fsp3) is 0.943. The lowest BCUT2D eigenvalue weighted by Crippen LogP contribution is -2.67. The molecule has 430 valence electrons. The number of rotatable bonds is 11. The molecule has 0 aromatic rings. The van der Waals surface area contributed by atoms with E-state index >= 15 is 4.79 Å². The van der Waals surface area contributed by atoms with Gasteiger partial charge in [0.2, 0.25) is 6.29 Å². The Morgan fingerprint density at radius 2 is 1.23 bits per heavy atom. The van der Waals surface area contributed by atoms with Gasteiger partial charge >= 0.3 is 5.97 Å². The first-order valence-corrected chi connectivity index (χ1v) is 27.3. The first-order chi connectivity index (χ1) is 35.2. The van der Waals surface area contributed by atoms with Gasteiger partial charge in [0.05, 0.1) is 44.1 Å². The third-order valence-corrected chi connectivity index (χ3v) is 21.1. The van der Waals surface area contributed by atoms with E-state index in [1.54, 1.807) is 0 Å². The Bertz CT molecular complexity index is 2060. The molecule has 5 aliphatic carbocycles. The molecule has 4 saturated carbocycles. The van der Waals surface area contributed by atoms with Gasteiger partial charge in [-0.3, -0.25) is 4.79 Å². The van der Waals surface area contributed by atoms with Crippen molar-refractivity contribution >= 4 is 5.97 Å². The lowest BCUT2D eigenvalue weighted by molar-refractivity contribution is -0.365. The summed E-state index contributed by atoms with van der Waals surface area (Å²) in [6, 6.07) is 0. The molecule has 0 radical (unpaired) electrons. The molecule has 0 aromatic carbocycles. The molecular formula is C53H86O22. The number of carbonyl (C=O) groups excluding carboxylic acids is 1. The summed E-state index contributed by atoms with van der Waals surface area (Å²) in [6.07, 6.45) is -21.4. The van der Waals surface area contributed by atoms with Gasteiger partial charge in [0.1, 0.15) is 85.5 Å². The molecule has 13 N–H and O–H groups in total. The molecule has 4 heterocycles. The molecule has 22 nitrogen and oxygen atoms in total. The summed E-state index contributed by atoms with van der Waals surface area (Å²) in [5.74, 6) is -0.770. The van der Waals surface area contributed by atoms with Gasteiger partial charge < -0.3 is 104 Å². The minimum atomic E-state index is -1.87. The second-order valence-corrected chi connectivity index (χ2v) is 25.7. The summed E-state index contributed by atoms with van der Waals surface area (Å²) in [4.78, 5) is 15.2. The van der Waals surface area contributed by atoms with Crippen LogP contribution < -0.4 is 0 Å². The normalized spacial score (nSPS) is 54.8. The fourth-order valence-electron chi connectivity index (χ4n) is 16.2. The van der Waals surface area contributed by atoms with Crippen molar-refractivity contribution in [3.8, 4) is 0 Å². The molecule has 0 spiro atoms. The van der Waals surface area contributed by atoms with Crippen molar-refractivity contribution in [2.45, 2.75) is 235 Å². The van der Waals surface area contributed by atoms with Gasteiger partial charge in [-0.1, -0.05) is 53.2 Å². The number of esters is 1.